The van der Waals surface area contributed by atoms with Crippen LogP contribution in [0, 0.1) is 6.92 Å². The van der Waals surface area contributed by atoms with E-state index < -0.39 is 15.9 Å². The Kier molecular flexibility index (Phi) is 13.9. The predicted molar refractivity (Wildman–Crippen MR) is 238 cm³/mol. The molecule has 1 aliphatic heterocycles. The van der Waals surface area contributed by atoms with Crippen LogP contribution >= 0.6 is 23.4 Å². The molecule has 6 rings (SSSR count). The van der Waals surface area contributed by atoms with Crippen molar-refractivity contribution in [1.82, 2.24) is 14.5 Å². The van der Waals surface area contributed by atoms with E-state index in [2.05, 4.69) is 56.2 Å². The topological polar surface area (TPSA) is 102 Å². The Morgan fingerprint density at radius 2 is 1.50 bits per heavy atom. The first-order valence-corrected chi connectivity index (χ1v) is 22.3. The van der Waals surface area contributed by atoms with Gasteiger partial charge in [0.15, 0.2) is 0 Å². The highest BCUT2D eigenvalue weighted by molar-refractivity contribution is 7.99. The molecule has 2 N–H and O–H groups in total. The number of carbonyl (C=O) groups excluding carboxylic acids is 2. The molecule has 1 atom stereocenters. The lowest BCUT2D eigenvalue weighted by Crippen LogP contribution is -2.46. The molecule has 0 unspecified atom stereocenters. The van der Waals surface area contributed by atoms with E-state index in [9.17, 15) is 18.0 Å². The number of thioether (sulfide) groups is 1. The van der Waals surface area contributed by atoms with Crippen molar-refractivity contribution in [2.75, 3.05) is 49.2 Å². The summed E-state index contributed by atoms with van der Waals surface area (Å²) in [6.07, 6.45) is 0.263. The lowest BCUT2D eigenvalue weighted by Gasteiger charge is -2.36. The highest BCUT2D eigenvalue weighted by Gasteiger charge is 2.26. The second-order valence-corrected chi connectivity index (χ2v) is 18.9. The normalized spacial score (nSPS) is 14.1. The SMILES string of the molecule is Cc1cc(S(=O)(=O)NC(=O)c2ccc(N3CCN(Cc4ccccc4-c4ccc(Cl)cc4)CC3)cc2)ccc1N[C@@H](CSc1ccccc1)CC(=O)N(C)C(C)(C)C. The smallest absolute Gasteiger partial charge is 0.264 e. The molecule has 1 saturated heterocycles. The third kappa shape index (κ3) is 11.2. The van der Waals surface area contributed by atoms with Gasteiger partial charge in [-0.05, 0) is 117 Å². The summed E-state index contributed by atoms with van der Waals surface area (Å²) in [5.41, 5.74) is 5.91. The molecular weight excluding hydrogens is 786 g/mol. The highest BCUT2D eigenvalue weighted by Crippen LogP contribution is 2.28. The van der Waals surface area contributed by atoms with E-state index in [1.54, 1.807) is 40.9 Å². The van der Waals surface area contributed by atoms with Crippen LogP contribution in [-0.4, -0.2) is 80.6 Å². The van der Waals surface area contributed by atoms with Gasteiger partial charge in [-0.25, -0.2) is 13.1 Å². The first-order chi connectivity index (χ1) is 27.7. The molecule has 2 amide bonds. The predicted octanol–water partition coefficient (Wildman–Crippen LogP) is 8.98. The van der Waals surface area contributed by atoms with Crippen LogP contribution in [0.4, 0.5) is 11.4 Å². The molecule has 5 aromatic rings. The standard InChI is InChI=1S/C46H52ClN5O4S2/c1-33-29-41(23-24-43(33)48-38(30-44(53)50(5)46(2,3)4)32-57-40-12-7-6-8-13-40)58(55,56)49-45(54)35-17-21-39(22-18-35)52-27-25-51(26-28-52)31-36-11-9-10-14-42(36)34-15-19-37(47)20-16-34/h6-24,29,38,48H,25-28,30-32H2,1-5H3,(H,49,54)/t38-/m1/s1. The van der Waals surface area contributed by atoms with Crippen LogP contribution in [0.5, 0.6) is 0 Å². The summed E-state index contributed by atoms with van der Waals surface area (Å²) in [5, 5.41) is 4.21. The number of hydrogen-bond donors (Lipinski definition) is 2. The van der Waals surface area contributed by atoms with Crippen LogP contribution in [0.15, 0.2) is 131 Å². The van der Waals surface area contributed by atoms with Crippen LogP contribution in [0.1, 0.15) is 48.7 Å². The quantitative estimate of drug-likeness (QED) is 0.107. The molecule has 0 spiro atoms. The van der Waals surface area contributed by atoms with Gasteiger partial charge < -0.3 is 15.1 Å². The van der Waals surface area contributed by atoms with E-state index in [0.29, 0.717) is 17.0 Å². The molecule has 58 heavy (non-hydrogen) atoms. The maximum atomic E-state index is 13.4. The number of anilines is 2. The number of amides is 2. The minimum Gasteiger partial charge on any atom is -0.381 e. The van der Waals surface area contributed by atoms with E-state index in [1.807, 2.05) is 89.3 Å². The number of hydrogen-bond acceptors (Lipinski definition) is 8. The van der Waals surface area contributed by atoms with E-state index in [0.717, 1.165) is 53.9 Å². The zero-order valence-corrected chi connectivity index (χ0v) is 36.1. The maximum absolute atomic E-state index is 13.4. The molecule has 1 heterocycles. The summed E-state index contributed by atoms with van der Waals surface area (Å²) in [6, 6.07) is 38.0. The number of carbonyl (C=O) groups is 2. The summed E-state index contributed by atoms with van der Waals surface area (Å²) in [4.78, 5) is 34.0. The van der Waals surface area contributed by atoms with Crippen LogP contribution in [0.3, 0.4) is 0 Å². The number of sulfonamides is 1. The number of benzene rings is 5. The lowest BCUT2D eigenvalue weighted by molar-refractivity contribution is -0.134. The monoisotopic (exact) mass is 837 g/mol. The largest absolute Gasteiger partial charge is 0.381 e. The molecule has 12 heteroatoms. The van der Waals surface area contributed by atoms with Gasteiger partial charge in [-0.1, -0.05) is 66.2 Å². The molecule has 5 aromatic carbocycles. The average Bonchev–Trinajstić information content (AvgIpc) is 3.21. The Morgan fingerprint density at radius 3 is 2.16 bits per heavy atom. The van der Waals surface area contributed by atoms with Crippen molar-refractivity contribution in [3.8, 4) is 11.1 Å². The summed E-state index contributed by atoms with van der Waals surface area (Å²) >= 11 is 7.78. The van der Waals surface area contributed by atoms with E-state index >= 15 is 0 Å². The van der Waals surface area contributed by atoms with Crippen molar-refractivity contribution in [3.63, 3.8) is 0 Å². The first-order valence-electron chi connectivity index (χ1n) is 19.5. The second-order valence-electron chi connectivity index (χ2n) is 15.7. The molecule has 0 aromatic heterocycles. The van der Waals surface area contributed by atoms with Gasteiger partial charge in [-0.15, -0.1) is 11.8 Å². The van der Waals surface area contributed by atoms with E-state index in [1.165, 1.54) is 17.2 Å². The fourth-order valence-corrected chi connectivity index (χ4v) is 8.94. The van der Waals surface area contributed by atoms with Gasteiger partial charge in [0.05, 0.1) is 4.90 Å². The van der Waals surface area contributed by atoms with Gasteiger partial charge in [0.1, 0.15) is 0 Å². The van der Waals surface area contributed by atoms with Gasteiger partial charge in [-0.3, -0.25) is 14.5 Å². The maximum Gasteiger partial charge on any atom is 0.264 e. The number of aryl methyl sites for hydroxylation is 1. The van der Waals surface area contributed by atoms with Gasteiger partial charge >= 0.3 is 0 Å². The molecule has 304 valence electrons. The molecule has 1 aliphatic rings. The average molecular weight is 839 g/mol. The third-order valence-electron chi connectivity index (χ3n) is 10.5. The fourth-order valence-electron chi connectivity index (χ4n) is 6.81. The minimum absolute atomic E-state index is 0.0115. The fraction of sp³-hybridized carbons (Fsp3) is 0.304. The Balaban J connectivity index is 1.04. The van der Waals surface area contributed by atoms with Gasteiger partial charge in [-0.2, -0.15) is 0 Å². The third-order valence-corrected chi connectivity index (χ3v) is 13.3. The number of rotatable bonds is 14. The van der Waals surface area contributed by atoms with Crippen molar-refractivity contribution in [3.05, 3.63) is 143 Å². The molecule has 0 radical (unpaired) electrons. The van der Waals surface area contributed by atoms with Crippen LogP contribution in [0.2, 0.25) is 5.02 Å². The zero-order valence-electron chi connectivity index (χ0n) is 33.7. The van der Waals surface area contributed by atoms with Crippen LogP contribution in [0.25, 0.3) is 11.1 Å². The Bertz CT molecular complexity index is 2290. The van der Waals surface area contributed by atoms with E-state index in [4.69, 9.17) is 11.6 Å². The van der Waals surface area contributed by atoms with E-state index in [-0.39, 0.29) is 34.4 Å². The summed E-state index contributed by atoms with van der Waals surface area (Å²) in [7, 11) is -2.36. The van der Waals surface area contributed by atoms with Crippen molar-refractivity contribution >= 4 is 56.6 Å². The Labute approximate surface area is 352 Å². The Hall–Kier alpha value is -4.81. The molecule has 1 fully saturated rings. The van der Waals surface area contributed by atoms with Crippen LogP contribution < -0.4 is 14.9 Å². The second kappa shape index (κ2) is 18.8. The Morgan fingerprint density at radius 1 is 0.845 bits per heavy atom. The minimum atomic E-state index is -4.17. The van der Waals surface area contributed by atoms with Crippen molar-refractivity contribution in [1.29, 1.82) is 0 Å². The van der Waals surface area contributed by atoms with Gasteiger partial charge in [0.2, 0.25) is 5.91 Å². The number of nitrogens with zero attached hydrogens (tertiary/aromatic N) is 3. The van der Waals surface area contributed by atoms with Gasteiger partial charge in [0, 0.05) is 90.4 Å². The highest BCUT2D eigenvalue weighted by atomic mass is 35.5. The zero-order chi connectivity index (χ0) is 41.5. The van der Waals surface area contributed by atoms with Crippen molar-refractivity contribution < 1.29 is 18.0 Å². The lowest BCUT2D eigenvalue weighted by atomic mass is 9.99. The molecule has 9 nitrogen and oxygen atoms in total. The van der Waals surface area contributed by atoms with Crippen molar-refractivity contribution in [2.24, 2.45) is 0 Å². The first kappa shape index (κ1) is 42.8. The summed E-state index contributed by atoms with van der Waals surface area (Å²) in [5.74, 6) is -0.0634. The molecule has 0 saturated carbocycles. The van der Waals surface area contributed by atoms with Gasteiger partial charge in [0.25, 0.3) is 15.9 Å². The number of halogens is 1. The summed E-state index contributed by atoms with van der Waals surface area (Å²) < 4.78 is 29.1. The molecular formula is C46H52ClN5O4S2. The molecule has 0 aliphatic carbocycles. The van der Waals surface area contributed by atoms with Crippen LogP contribution in [-0.2, 0) is 21.4 Å². The number of nitrogens with one attached hydrogen (secondary N) is 2. The number of piperazine rings is 1. The summed E-state index contributed by atoms with van der Waals surface area (Å²) in [6.45, 7) is 12.0. The van der Waals surface area contributed by atoms with Crippen molar-refractivity contribution in [2.45, 2.75) is 62.0 Å². The molecule has 0 bridgehead atoms.